The Morgan fingerprint density at radius 2 is 1.85 bits per heavy atom. The van der Waals surface area contributed by atoms with Gasteiger partial charge in [0.1, 0.15) is 11.5 Å². The minimum Gasteiger partial charge on any atom is -0.457 e. The highest BCUT2D eigenvalue weighted by atomic mass is 35.5. The van der Waals surface area contributed by atoms with E-state index in [2.05, 4.69) is 10.3 Å². The maximum absolute atomic E-state index is 12.5. The zero-order valence-electron chi connectivity index (χ0n) is 15.0. The van der Waals surface area contributed by atoms with Crippen LogP contribution in [0, 0.1) is 6.92 Å². The number of rotatable bonds is 6. The Morgan fingerprint density at radius 3 is 2.52 bits per heavy atom. The van der Waals surface area contributed by atoms with Crippen molar-refractivity contribution in [2.24, 2.45) is 0 Å². The van der Waals surface area contributed by atoms with Crippen molar-refractivity contribution in [2.75, 3.05) is 12.4 Å². The number of benzene rings is 2. The van der Waals surface area contributed by atoms with E-state index in [1.54, 1.807) is 62.6 Å². The van der Waals surface area contributed by atoms with Gasteiger partial charge in [-0.2, -0.15) is 0 Å². The van der Waals surface area contributed by atoms with Crippen molar-refractivity contribution in [1.82, 2.24) is 4.98 Å². The first-order chi connectivity index (χ1) is 13.0. The van der Waals surface area contributed by atoms with Crippen LogP contribution >= 0.6 is 11.6 Å². The Balaban J connectivity index is 1.66. The third-order valence-electron chi connectivity index (χ3n) is 3.82. The van der Waals surface area contributed by atoms with Gasteiger partial charge in [0.05, 0.1) is 23.6 Å². The summed E-state index contributed by atoms with van der Waals surface area (Å²) >= 11 is 5.95. The fourth-order valence-corrected chi connectivity index (χ4v) is 2.73. The van der Waals surface area contributed by atoms with Gasteiger partial charge in [-0.05, 0) is 61.5 Å². The van der Waals surface area contributed by atoms with Gasteiger partial charge in [-0.25, -0.2) is 0 Å². The van der Waals surface area contributed by atoms with Crippen LogP contribution in [0.4, 0.5) is 5.69 Å². The number of nitrogens with zero attached hydrogens (tertiary/aromatic N) is 1. The summed E-state index contributed by atoms with van der Waals surface area (Å²) in [6.45, 7) is 2.22. The average Bonchev–Trinajstić information content (AvgIpc) is 2.64. The van der Waals surface area contributed by atoms with E-state index in [1.165, 1.54) is 0 Å². The van der Waals surface area contributed by atoms with Crippen molar-refractivity contribution in [3.63, 3.8) is 0 Å². The van der Waals surface area contributed by atoms with Crippen molar-refractivity contribution in [2.45, 2.75) is 13.5 Å². The van der Waals surface area contributed by atoms with E-state index in [1.807, 2.05) is 12.1 Å². The molecule has 2 aromatic carbocycles. The highest BCUT2D eigenvalue weighted by Gasteiger charge is 2.11. The molecule has 3 rings (SSSR count). The summed E-state index contributed by atoms with van der Waals surface area (Å²) in [4.78, 5) is 16.9. The molecule has 0 spiro atoms. The maximum Gasteiger partial charge on any atom is 0.257 e. The molecule has 6 heteroatoms. The van der Waals surface area contributed by atoms with E-state index >= 15 is 0 Å². The topological polar surface area (TPSA) is 60.5 Å². The van der Waals surface area contributed by atoms with Gasteiger partial charge in [0, 0.05) is 17.8 Å². The molecular weight excluding hydrogens is 364 g/mol. The molecule has 0 fully saturated rings. The number of hydrogen-bond donors (Lipinski definition) is 1. The summed E-state index contributed by atoms with van der Waals surface area (Å²) in [5, 5.41) is 3.47. The predicted octanol–water partition coefficient (Wildman–Crippen LogP) is 5.23. The maximum atomic E-state index is 12.5. The lowest BCUT2D eigenvalue weighted by molar-refractivity contribution is 0.102. The first-order valence-corrected chi connectivity index (χ1v) is 8.73. The molecule has 0 atom stereocenters. The number of methoxy groups -OCH3 is 1. The van der Waals surface area contributed by atoms with Gasteiger partial charge in [0.15, 0.2) is 0 Å². The third-order valence-corrected chi connectivity index (χ3v) is 4.06. The molecule has 5 nitrogen and oxygen atoms in total. The predicted molar refractivity (Wildman–Crippen MR) is 106 cm³/mol. The molecule has 138 valence electrons. The van der Waals surface area contributed by atoms with E-state index in [0.717, 1.165) is 5.69 Å². The summed E-state index contributed by atoms with van der Waals surface area (Å²) in [5.74, 6) is 1.08. The quantitative estimate of drug-likeness (QED) is 0.633. The third kappa shape index (κ3) is 5.06. The number of nitrogens with one attached hydrogen (secondary N) is 1. The number of aryl methyl sites for hydroxylation is 1. The molecule has 0 saturated carbocycles. The van der Waals surface area contributed by atoms with Crippen LogP contribution in [0.2, 0.25) is 5.02 Å². The number of carbonyl (C=O) groups is 1. The van der Waals surface area contributed by atoms with Gasteiger partial charge in [0.2, 0.25) is 0 Å². The normalized spacial score (nSPS) is 10.5. The molecule has 27 heavy (non-hydrogen) atoms. The smallest absolute Gasteiger partial charge is 0.257 e. The lowest BCUT2D eigenvalue weighted by Gasteiger charge is -2.10. The van der Waals surface area contributed by atoms with E-state index in [-0.39, 0.29) is 5.91 Å². The molecule has 0 aliphatic heterocycles. The van der Waals surface area contributed by atoms with E-state index < -0.39 is 0 Å². The number of anilines is 1. The van der Waals surface area contributed by atoms with Crippen molar-refractivity contribution in [3.05, 3.63) is 82.6 Å². The molecule has 0 aliphatic rings. The van der Waals surface area contributed by atoms with Crippen molar-refractivity contribution in [1.29, 1.82) is 0 Å². The molecule has 0 radical (unpaired) electrons. The standard InChI is InChI=1S/C21H19ClN2O3/c1-14-20(11-8-17(23-14)13-26-2)21(25)24-16-6-9-18(10-7-16)27-19-5-3-4-15(22)12-19/h3-12H,13H2,1-2H3,(H,24,25). The van der Waals surface area contributed by atoms with Gasteiger partial charge in [-0.3, -0.25) is 9.78 Å². The highest BCUT2D eigenvalue weighted by Crippen LogP contribution is 2.25. The van der Waals surface area contributed by atoms with E-state index in [9.17, 15) is 4.79 Å². The Kier molecular flexibility index (Phi) is 6.06. The summed E-state index contributed by atoms with van der Waals surface area (Å²) in [5.41, 5.74) is 2.63. The minimum atomic E-state index is -0.215. The fraction of sp³-hybridized carbons (Fsp3) is 0.143. The first kappa shape index (κ1) is 18.9. The molecule has 0 aliphatic carbocycles. The highest BCUT2D eigenvalue weighted by molar-refractivity contribution is 6.30. The summed E-state index contributed by atoms with van der Waals surface area (Å²) in [6.07, 6.45) is 0. The Hall–Kier alpha value is -2.89. The molecule has 1 N–H and O–H groups in total. The SMILES string of the molecule is COCc1ccc(C(=O)Nc2ccc(Oc3cccc(Cl)c3)cc2)c(C)n1. The monoisotopic (exact) mass is 382 g/mol. The van der Waals surface area contributed by atoms with Crippen LogP contribution in [0.5, 0.6) is 11.5 Å². The Bertz CT molecular complexity index is 942. The van der Waals surface area contributed by atoms with Crippen LogP contribution in [0.25, 0.3) is 0 Å². The molecule has 3 aromatic rings. The van der Waals surface area contributed by atoms with Gasteiger partial charge < -0.3 is 14.8 Å². The molecule has 1 amide bonds. The van der Waals surface area contributed by atoms with Gasteiger partial charge in [-0.15, -0.1) is 0 Å². The van der Waals surface area contributed by atoms with Gasteiger partial charge in [0.25, 0.3) is 5.91 Å². The number of hydrogen-bond acceptors (Lipinski definition) is 4. The number of halogens is 1. The zero-order valence-corrected chi connectivity index (χ0v) is 15.8. The molecule has 0 bridgehead atoms. The summed E-state index contributed by atoms with van der Waals surface area (Å²) in [6, 6.07) is 17.8. The largest absolute Gasteiger partial charge is 0.457 e. The summed E-state index contributed by atoms with van der Waals surface area (Å²) in [7, 11) is 1.61. The number of pyridine rings is 1. The average molecular weight is 383 g/mol. The Morgan fingerprint density at radius 1 is 1.07 bits per heavy atom. The second-order valence-corrected chi connectivity index (χ2v) is 6.34. The second-order valence-electron chi connectivity index (χ2n) is 5.91. The molecule has 1 heterocycles. The lowest BCUT2D eigenvalue weighted by atomic mass is 10.1. The van der Waals surface area contributed by atoms with E-state index in [4.69, 9.17) is 21.1 Å². The minimum absolute atomic E-state index is 0.215. The van der Waals surface area contributed by atoms with Gasteiger partial charge >= 0.3 is 0 Å². The van der Waals surface area contributed by atoms with Crippen molar-refractivity contribution < 1.29 is 14.3 Å². The number of ether oxygens (including phenoxy) is 2. The molecule has 0 saturated heterocycles. The second kappa shape index (κ2) is 8.66. The van der Waals surface area contributed by atoms with Crippen LogP contribution in [-0.4, -0.2) is 18.0 Å². The number of carbonyl (C=O) groups excluding carboxylic acids is 1. The zero-order chi connectivity index (χ0) is 19.2. The van der Waals surface area contributed by atoms with Crippen LogP contribution in [-0.2, 0) is 11.3 Å². The van der Waals surface area contributed by atoms with E-state index in [0.29, 0.717) is 40.1 Å². The fourth-order valence-electron chi connectivity index (χ4n) is 2.55. The number of amides is 1. The van der Waals surface area contributed by atoms with Crippen LogP contribution < -0.4 is 10.1 Å². The van der Waals surface area contributed by atoms with Gasteiger partial charge in [-0.1, -0.05) is 17.7 Å². The Labute approximate surface area is 162 Å². The first-order valence-electron chi connectivity index (χ1n) is 8.35. The molecular formula is C21H19ClN2O3. The molecule has 0 unspecified atom stereocenters. The lowest BCUT2D eigenvalue weighted by Crippen LogP contribution is -2.14. The number of aromatic nitrogens is 1. The molecule has 1 aromatic heterocycles. The van der Waals surface area contributed by atoms with Crippen molar-refractivity contribution in [3.8, 4) is 11.5 Å². The van der Waals surface area contributed by atoms with Crippen molar-refractivity contribution >= 4 is 23.2 Å². The van der Waals surface area contributed by atoms with Crippen LogP contribution in [0.3, 0.4) is 0 Å². The van der Waals surface area contributed by atoms with Crippen LogP contribution in [0.1, 0.15) is 21.7 Å². The summed E-state index contributed by atoms with van der Waals surface area (Å²) < 4.78 is 10.8. The van der Waals surface area contributed by atoms with Crippen LogP contribution in [0.15, 0.2) is 60.7 Å².